The predicted octanol–water partition coefficient (Wildman–Crippen LogP) is 1.16. The normalized spacial score (nSPS) is 16.0. The van der Waals surface area contributed by atoms with Crippen LogP contribution in [0.15, 0.2) is 6.20 Å². The molecule has 0 saturated heterocycles. The van der Waals surface area contributed by atoms with Crippen molar-refractivity contribution in [3.8, 4) is 0 Å². The zero-order valence-electron chi connectivity index (χ0n) is 12.5. The molecule has 1 amide bonds. The van der Waals surface area contributed by atoms with E-state index in [-0.39, 0.29) is 12.5 Å². The zero-order valence-corrected chi connectivity index (χ0v) is 12.5. The van der Waals surface area contributed by atoms with Gasteiger partial charge in [-0.1, -0.05) is 31.9 Å². The van der Waals surface area contributed by atoms with Crippen molar-refractivity contribution in [2.24, 2.45) is 11.7 Å². The Morgan fingerprint density at radius 3 is 2.75 bits per heavy atom. The molecule has 0 bridgehead atoms. The van der Waals surface area contributed by atoms with Crippen LogP contribution in [0.3, 0.4) is 0 Å². The second kappa shape index (κ2) is 6.83. The molecule has 6 heteroatoms. The number of amides is 1. The molecule has 1 heterocycles. The maximum Gasteiger partial charge on any atom is 0.244 e. The second-order valence-corrected chi connectivity index (χ2v) is 5.99. The smallest absolute Gasteiger partial charge is 0.244 e. The molecule has 0 atom stereocenters. The highest BCUT2D eigenvalue weighted by Crippen LogP contribution is 2.24. The van der Waals surface area contributed by atoms with Crippen LogP contribution in [0.5, 0.6) is 0 Å². The van der Waals surface area contributed by atoms with Crippen molar-refractivity contribution in [2.45, 2.75) is 58.7 Å². The number of aromatic nitrogens is 3. The van der Waals surface area contributed by atoms with Gasteiger partial charge in [0.15, 0.2) is 0 Å². The molecular weight excluding hydrogens is 254 g/mol. The molecule has 6 nitrogen and oxygen atoms in total. The summed E-state index contributed by atoms with van der Waals surface area (Å²) in [5.41, 5.74) is 6.22. The Balaban J connectivity index is 2.01. The monoisotopic (exact) mass is 279 g/mol. The molecule has 1 aliphatic rings. The van der Waals surface area contributed by atoms with Crippen LogP contribution in [0.1, 0.15) is 45.2 Å². The average molecular weight is 279 g/mol. The Hall–Kier alpha value is -1.43. The van der Waals surface area contributed by atoms with E-state index in [4.69, 9.17) is 5.73 Å². The van der Waals surface area contributed by atoms with Gasteiger partial charge in [-0.25, -0.2) is 4.68 Å². The molecule has 2 N–H and O–H groups in total. The SMILES string of the molecule is CC(C)CN(C(=O)Cn1cc(CN)nn1)C1CCCC1. The van der Waals surface area contributed by atoms with Crippen LogP contribution < -0.4 is 5.73 Å². The van der Waals surface area contributed by atoms with E-state index < -0.39 is 0 Å². The molecule has 0 radical (unpaired) electrons. The Bertz CT molecular complexity index is 437. The van der Waals surface area contributed by atoms with Crippen LogP contribution in [0, 0.1) is 5.92 Å². The molecule has 1 aliphatic carbocycles. The highest BCUT2D eigenvalue weighted by atomic mass is 16.2. The number of hydrogen-bond donors (Lipinski definition) is 1. The molecule has 20 heavy (non-hydrogen) atoms. The summed E-state index contributed by atoms with van der Waals surface area (Å²) >= 11 is 0. The summed E-state index contributed by atoms with van der Waals surface area (Å²) in [5, 5.41) is 7.88. The fourth-order valence-electron chi connectivity index (χ4n) is 2.80. The quantitative estimate of drug-likeness (QED) is 0.848. The van der Waals surface area contributed by atoms with E-state index in [2.05, 4.69) is 24.2 Å². The summed E-state index contributed by atoms with van der Waals surface area (Å²) in [6, 6.07) is 0.405. The molecule has 0 aliphatic heterocycles. The lowest BCUT2D eigenvalue weighted by Gasteiger charge is -2.30. The zero-order chi connectivity index (χ0) is 14.5. The number of hydrogen-bond acceptors (Lipinski definition) is 4. The van der Waals surface area contributed by atoms with E-state index >= 15 is 0 Å². The molecule has 0 spiro atoms. The van der Waals surface area contributed by atoms with Crippen LogP contribution in [0.2, 0.25) is 0 Å². The number of nitrogens with two attached hydrogens (primary N) is 1. The molecule has 1 aromatic rings. The Kier molecular flexibility index (Phi) is 5.11. The summed E-state index contributed by atoms with van der Waals surface area (Å²) in [4.78, 5) is 14.6. The van der Waals surface area contributed by atoms with Gasteiger partial charge in [0, 0.05) is 19.1 Å². The largest absolute Gasteiger partial charge is 0.338 e. The fourth-order valence-corrected chi connectivity index (χ4v) is 2.80. The van der Waals surface area contributed by atoms with Gasteiger partial charge in [0.1, 0.15) is 6.54 Å². The topological polar surface area (TPSA) is 77.0 Å². The van der Waals surface area contributed by atoms with E-state index in [1.165, 1.54) is 12.8 Å². The Morgan fingerprint density at radius 2 is 2.20 bits per heavy atom. The third-order valence-corrected chi connectivity index (χ3v) is 3.74. The van der Waals surface area contributed by atoms with Crippen LogP contribution in [-0.2, 0) is 17.9 Å². The molecule has 2 rings (SSSR count). The minimum atomic E-state index is 0.138. The Labute approximate surface area is 120 Å². The predicted molar refractivity (Wildman–Crippen MR) is 76.7 cm³/mol. The molecule has 0 unspecified atom stereocenters. The first-order chi connectivity index (χ1) is 9.60. The second-order valence-electron chi connectivity index (χ2n) is 5.99. The van der Waals surface area contributed by atoms with Crippen LogP contribution in [0.4, 0.5) is 0 Å². The van der Waals surface area contributed by atoms with Crippen molar-refractivity contribution in [3.05, 3.63) is 11.9 Å². The third kappa shape index (κ3) is 3.79. The molecule has 1 fully saturated rings. The van der Waals surface area contributed by atoms with Gasteiger partial charge in [0.2, 0.25) is 5.91 Å². The lowest BCUT2D eigenvalue weighted by atomic mass is 10.1. The number of carbonyl (C=O) groups is 1. The minimum absolute atomic E-state index is 0.138. The molecule has 112 valence electrons. The highest BCUT2D eigenvalue weighted by molar-refractivity contribution is 5.76. The molecule has 1 aromatic heterocycles. The van der Waals surface area contributed by atoms with Crippen LogP contribution in [0.25, 0.3) is 0 Å². The van der Waals surface area contributed by atoms with Gasteiger partial charge in [-0.05, 0) is 18.8 Å². The molecule has 0 aromatic carbocycles. The van der Waals surface area contributed by atoms with Crippen molar-refractivity contribution in [1.29, 1.82) is 0 Å². The summed E-state index contributed by atoms with van der Waals surface area (Å²) in [6.07, 6.45) is 6.47. The lowest BCUT2D eigenvalue weighted by Crippen LogP contribution is -2.43. The van der Waals surface area contributed by atoms with Crippen LogP contribution in [-0.4, -0.2) is 38.4 Å². The number of carbonyl (C=O) groups excluding carboxylic acids is 1. The van der Waals surface area contributed by atoms with Gasteiger partial charge in [-0.3, -0.25) is 4.79 Å². The van der Waals surface area contributed by atoms with E-state index in [0.29, 0.717) is 24.2 Å². The van der Waals surface area contributed by atoms with Gasteiger partial charge < -0.3 is 10.6 Å². The maximum atomic E-state index is 12.5. The summed E-state index contributed by atoms with van der Waals surface area (Å²) in [5.74, 6) is 0.619. The lowest BCUT2D eigenvalue weighted by molar-refractivity contribution is -0.135. The highest BCUT2D eigenvalue weighted by Gasteiger charge is 2.27. The summed E-state index contributed by atoms with van der Waals surface area (Å²) < 4.78 is 1.59. The van der Waals surface area contributed by atoms with E-state index in [9.17, 15) is 4.79 Å². The summed E-state index contributed by atoms with van der Waals surface area (Å²) in [7, 11) is 0. The summed E-state index contributed by atoms with van der Waals surface area (Å²) in [6.45, 7) is 5.74. The van der Waals surface area contributed by atoms with E-state index in [1.54, 1.807) is 10.9 Å². The third-order valence-electron chi connectivity index (χ3n) is 3.74. The van der Waals surface area contributed by atoms with Crippen molar-refractivity contribution >= 4 is 5.91 Å². The van der Waals surface area contributed by atoms with Crippen molar-refractivity contribution < 1.29 is 4.79 Å². The van der Waals surface area contributed by atoms with Crippen molar-refractivity contribution in [3.63, 3.8) is 0 Å². The van der Waals surface area contributed by atoms with Gasteiger partial charge in [-0.15, -0.1) is 5.10 Å². The van der Waals surface area contributed by atoms with Crippen molar-refractivity contribution in [1.82, 2.24) is 19.9 Å². The van der Waals surface area contributed by atoms with Gasteiger partial charge in [0.05, 0.1) is 11.9 Å². The standard InChI is InChI=1S/C14H25N5O/c1-11(2)8-19(13-5-3-4-6-13)14(20)10-18-9-12(7-15)16-17-18/h9,11,13H,3-8,10,15H2,1-2H3. The van der Waals surface area contributed by atoms with Crippen LogP contribution >= 0.6 is 0 Å². The van der Waals surface area contributed by atoms with E-state index in [0.717, 1.165) is 19.4 Å². The molecular formula is C14H25N5O. The first kappa shape index (κ1) is 15.0. The first-order valence-corrected chi connectivity index (χ1v) is 7.48. The number of nitrogens with zero attached hydrogens (tertiary/aromatic N) is 4. The van der Waals surface area contributed by atoms with Gasteiger partial charge in [0.25, 0.3) is 0 Å². The fraction of sp³-hybridized carbons (Fsp3) is 0.786. The Morgan fingerprint density at radius 1 is 1.50 bits per heavy atom. The molecule has 1 saturated carbocycles. The number of rotatable bonds is 6. The minimum Gasteiger partial charge on any atom is -0.338 e. The van der Waals surface area contributed by atoms with Crippen molar-refractivity contribution in [2.75, 3.05) is 6.54 Å². The van der Waals surface area contributed by atoms with Gasteiger partial charge in [-0.2, -0.15) is 0 Å². The first-order valence-electron chi connectivity index (χ1n) is 7.48. The van der Waals surface area contributed by atoms with Gasteiger partial charge >= 0.3 is 0 Å². The maximum absolute atomic E-state index is 12.5. The van der Waals surface area contributed by atoms with E-state index in [1.807, 2.05) is 4.90 Å². The average Bonchev–Trinajstić information content (AvgIpc) is 3.06.